The van der Waals surface area contributed by atoms with Crippen molar-refractivity contribution in [1.82, 2.24) is 9.97 Å². The van der Waals surface area contributed by atoms with Gasteiger partial charge in [-0.2, -0.15) is 5.26 Å². The van der Waals surface area contributed by atoms with E-state index in [0.29, 0.717) is 56.5 Å². The average Bonchev–Trinajstić information content (AvgIpc) is 3.66. The van der Waals surface area contributed by atoms with E-state index in [4.69, 9.17) is 20.9 Å². The summed E-state index contributed by atoms with van der Waals surface area (Å²) in [6.07, 6.45) is 1.79. The van der Waals surface area contributed by atoms with Gasteiger partial charge in [0.05, 0.1) is 6.95 Å². The number of hydrogen-bond donors (Lipinski definition) is 0. The fourth-order valence-electron chi connectivity index (χ4n) is 6.89. The molecule has 0 amide bonds. The quantitative estimate of drug-likeness (QED) is 0.156. The van der Waals surface area contributed by atoms with E-state index in [1.165, 1.54) is 24.5 Å². The Bertz CT molecular complexity index is 3250. The first-order valence-corrected chi connectivity index (χ1v) is 19.0. The average molecular weight is 962 g/mol. The topological polar surface area (TPSA) is 62.7 Å². The molecular formula is C54H51IrN3O-2. The van der Waals surface area contributed by atoms with E-state index in [0.717, 1.165) is 16.5 Å². The molecule has 0 aliphatic rings. The largest absolute Gasteiger partial charge is 0.499 e. The molecule has 1 radical (unpaired) electrons. The summed E-state index contributed by atoms with van der Waals surface area (Å²) in [4.78, 5) is 8.81. The van der Waals surface area contributed by atoms with Gasteiger partial charge in [-0.1, -0.05) is 138 Å². The third kappa shape index (κ3) is 9.97. The van der Waals surface area contributed by atoms with Gasteiger partial charge >= 0.3 is 0 Å². The van der Waals surface area contributed by atoms with Gasteiger partial charge in [0.15, 0.2) is 0 Å². The molecule has 4 nitrogen and oxygen atoms in total. The van der Waals surface area contributed by atoms with Crippen LogP contribution in [0.3, 0.4) is 0 Å². The summed E-state index contributed by atoms with van der Waals surface area (Å²) >= 11 is 0. The van der Waals surface area contributed by atoms with Gasteiger partial charge in [0.25, 0.3) is 0 Å². The van der Waals surface area contributed by atoms with Crippen molar-refractivity contribution in [3.05, 3.63) is 167 Å². The van der Waals surface area contributed by atoms with Crippen LogP contribution in [0.5, 0.6) is 0 Å². The van der Waals surface area contributed by atoms with Crippen molar-refractivity contribution < 1.29 is 41.0 Å². The number of aryl methyl sites for hydroxylation is 3. The summed E-state index contributed by atoms with van der Waals surface area (Å²) in [5.74, 6) is 0. The molecule has 3 aromatic heterocycles. The standard InChI is InChI=1S/C37H31N2O.C17H20N.Ir/c1-23-18-25(20-37(3,4)5)14-15-27(23)32-19-34(39-22-24(32)2)31-13-9-12-29-30-17-16-28(26-10-7-6-8-11-26)33(21-38)36(30)40-35(29)31;1-13-5-8-15(9-6-13)16-10-7-14(12-18-16)11-17(2,3)4;/h6-12,14-19,22H,20H2,1-5H3;5-8,10,12H,11H2,1-4H3;/q2*-1;/i1D3,2D3,15D;1D3,11D2;. The fourth-order valence-corrected chi connectivity index (χ4v) is 6.89. The monoisotopic (exact) mass is 962 g/mol. The number of rotatable bonds is 6. The molecule has 8 aromatic rings. The van der Waals surface area contributed by atoms with Crippen LogP contribution in [-0.4, -0.2) is 9.97 Å². The number of nitriles is 1. The molecule has 3 heterocycles. The summed E-state index contributed by atoms with van der Waals surface area (Å²) in [6, 6.07) is 38.0. The van der Waals surface area contributed by atoms with Crippen molar-refractivity contribution in [3.8, 4) is 50.8 Å². The van der Waals surface area contributed by atoms with E-state index in [2.05, 4.69) is 28.2 Å². The Labute approximate surface area is 380 Å². The first-order valence-electron chi connectivity index (χ1n) is 25.0. The maximum atomic E-state index is 10.2. The zero-order valence-electron chi connectivity index (χ0n) is 45.8. The molecule has 5 aromatic carbocycles. The van der Waals surface area contributed by atoms with Crippen molar-refractivity contribution in [3.63, 3.8) is 0 Å². The number of nitrogens with zero attached hydrogens (tertiary/aromatic N) is 3. The second-order valence-corrected chi connectivity index (χ2v) is 16.5. The molecule has 0 bridgehead atoms. The first-order chi connectivity index (χ1) is 32.5. The molecule has 299 valence electrons. The van der Waals surface area contributed by atoms with Crippen LogP contribution in [0.2, 0.25) is 0 Å². The van der Waals surface area contributed by atoms with Crippen LogP contribution in [0.4, 0.5) is 0 Å². The number of furan rings is 1. The maximum Gasteiger partial charge on any atom is 0.139 e. The van der Waals surface area contributed by atoms with Crippen LogP contribution in [0.15, 0.2) is 126 Å². The summed E-state index contributed by atoms with van der Waals surface area (Å²) < 4.78 is 104. The molecule has 0 saturated heterocycles. The van der Waals surface area contributed by atoms with Crippen LogP contribution in [-0.2, 0) is 32.9 Å². The molecule has 8 rings (SSSR count). The van der Waals surface area contributed by atoms with Crippen molar-refractivity contribution in [2.75, 3.05) is 0 Å². The van der Waals surface area contributed by atoms with Gasteiger partial charge in [-0.3, -0.25) is 0 Å². The minimum Gasteiger partial charge on any atom is -0.499 e. The van der Waals surface area contributed by atoms with Crippen molar-refractivity contribution in [2.24, 2.45) is 10.8 Å². The third-order valence-corrected chi connectivity index (χ3v) is 9.33. The van der Waals surface area contributed by atoms with Gasteiger partial charge in [-0.15, -0.1) is 53.6 Å². The van der Waals surface area contributed by atoms with Crippen molar-refractivity contribution in [2.45, 2.75) is 74.9 Å². The van der Waals surface area contributed by atoms with E-state index >= 15 is 0 Å². The zero-order chi connectivity index (χ0) is 51.4. The number of fused-ring (bicyclic) bond motifs is 3. The van der Waals surface area contributed by atoms with Gasteiger partial charge in [0.1, 0.15) is 17.2 Å². The Kier molecular flexibility index (Phi) is 8.85. The normalized spacial score (nSPS) is 15.3. The van der Waals surface area contributed by atoms with Crippen LogP contribution in [0.1, 0.15) is 91.4 Å². The Morgan fingerprint density at radius 3 is 2.17 bits per heavy atom. The predicted octanol–water partition coefficient (Wildman–Crippen LogP) is 14.3. The molecule has 0 aliphatic heterocycles. The van der Waals surface area contributed by atoms with Gasteiger partial charge in [0, 0.05) is 58.5 Å². The van der Waals surface area contributed by atoms with E-state index in [1.807, 2.05) is 90.1 Å². The maximum absolute atomic E-state index is 10.2. The summed E-state index contributed by atoms with van der Waals surface area (Å²) in [5.41, 5.74) is 5.36. The SMILES string of the molecule is [2H]C([2H])([2H])c1c[c-]c(-c2ccc(C([2H])([2H])C(C)(C)C)cn2)cc1.[2H]c1cc(CC(C)(C)C)cc(C([2H])([2H])[2H])c1-c1cc(-c2[c-]ccc3c2oc2c(C#N)c(-c4ccccc4)ccc23)ncc1C([2H])([2H])[2H].[Ir]. The zero-order valence-corrected chi connectivity index (χ0v) is 36.2. The van der Waals surface area contributed by atoms with Crippen LogP contribution in [0, 0.1) is 54.8 Å². The van der Waals surface area contributed by atoms with Gasteiger partial charge in [-0.25, -0.2) is 0 Å². The Morgan fingerprint density at radius 1 is 0.729 bits per heavy atom. The Balaban J connectivity index is 0.000000290. The van der Waals surface area contributed by atoms with Gasteiger partial charge in [-0.05, 0) is 87.7 Å². The van der Waals surface area contributed by atoms with Crippen LogP contribution in [0.25, 0.3) is 66.7 Å². The third-order valence-electron chi connectivity index (χ3n) is 9.33. The molecule has 59 heavy (non-hydrogen) atoms. The van der Waals surface area contributed by atoms with Crippen LogP contribution >= 0.6 is 0 Å². The van der Waals surface area contributed by atoms with E-state index in [1.54, 1.807) is 42.5 Å². The second-order valence-electron chi connectivity index (χ2n) is 16.5. The van der Waals surface area contributed by atoms with Gasteiger partial charge in [0.2, 0.25) is 0 Å². The molecule has 0 fully saturated rings. The minimum atomic E-state index is -2.64. The Morgan fingerprint density at radius 2 is 1.51 bits per heavy atom. The predicted molar refractivity (Wildman–Crippen MR) is 240 cm³/mol. The molecule has 0 saturated carbocycles. The number of pyridine rings is 2. The molecule has 0 unspecified atom stereocenters. The Hall–Kier alpha value is -5.66. The number of benzene rings is 5. The molecule has 5 heteroatoms. The van der Waals surface area contributed by atoms with Crippen LogP contribution < -0.4 is 0 Å². The first kappa shape index (κ1) is 29.5. The minimum absolute atomic E-state index is 0. The van der Waals surface area contributed by atoms with Crippen molar-refractivity contribution >= 4 is 21.9 Å². The summed E-state index contributed by atoms with van der Waals surface area (Å²) in [5, 5.41) is 11.6. The molecule has 0 atom stereocenters. The van der Waals surface area contributed by atoms with E-state index in [9.17, 15) is 5.26 Å². The summed E-state index contributed by atoms with van der Waals surface area (Å²) in [7, 11) is 0. The molecule has 0 aliphatic carbocycles. The molecular weight excluding hydrogens is 899 g/mol. The smallest absolute Gasteiger partial charge is 0.139 e. The summed E-state index contributed by atoms with van der Waals surface area (Å²) in [6.45, 7) is 4.22. The van der Waals surface area contributed by atoms with E-state index in [-0.39, 0.29) is 65.1 Å². The molecule has 0 N–H and O–H groups in total. The van der Waals surface area contributed by atoms with E-state index < -0.39 is 32.3 Å². The molecule has 0 spiro atoms. The number of hydrogen-bond acceptors (Lipinski definition) is 4. The van der Waals surface area contributed by atoms with Crippen molar-refractivity contribution in [1.29, 1.82) is 5.26 Å². The fraction of sp³-hybridized carbons (Fsp3) is 0.241. The second kappa shape index (κ2) is 17.7. The van der Waals surface area contributed by atoms with Gasteiger partial charge < -0.3 is 14.4 Å². The number of aromatic nitrogens is 2.